The van der Waals surface area contributed by atoms with E-state index in [0.717, 1.165) is 31.6 Å². The normalized spacial score (nSPS) is 11.7. The van der Waals surface area contributed by atoms with E-state index in [-0.39, 0.29) is 24.5 Å². The summed E-state index contributed by atoms with van der Waals surface area (Å²) < 4.78 is 110. The van der Waals surface area contributed by atoms with E-state index in [0.29, 0.717) is 151 Å². The van der Waals surface area contributed by atoms with E-state index in [1.165, 1.54) is 18.2 Å². The zero-order valence-electron chi connectivity index (χ0n) is 35.1. The largest absolute Gasteiger partial charge is 0.460 e. The van der Waals surface area contributed by atoms with Crippen molar-refractivity contribution in [1.82, 2.24) is 0 Å². The van der Waals surface area contributed by atoms with E-state index in [9.17, 15) is 18.0 Å². The predicted octanol–water partition coefficient (Wildman–Crippen LogP) is 5.61. The maximum absolute atomic E-state index is 13.1. The van der Waals surface area contributed by atoms with Crippen molar-refractivity contribution in [3.63, 3.8) is 0 Å². The molecular weight excluding hydrogens is 799 g/mol. The SMILES string of the molecule is CCCCOCCOCCOCCOCCOCCOCCOCCOCCOCCOCCOCCOCCOC(=O)c1ccccc1Nc1cccc(C(F)(F)F)c1. The minimum absolute atomic E-state index is 0.00411. The van der Waals surface area contributed by atoms with Gasteiger partial charge < -0.3 is 66.9 Å². The van der Waals surface area contributed by atoms with Gasteiger partial charge in [0, 0.05) is 12.3 Å². The molecule has 2 aromatic rings. The first-order valence-corrected chi connectivity index (χ1v) is 20.5. The van der Waals surface area contributed by atoms with Gasteiger partial charge in [0.25, 0.3) is 0 Å². The lowest BCUT2D eigenvalue weighted by molar-refractivity contribution is -0.137. The number of halogens is 3. The Hall–Kier alpha value is -2.98. The molecule has 344 valence electrons. The van der Waals surface area contributed by atoms with Gasteiger partial charge in [-0.1, -0.05) is 31.5 Å². The first-order valence-electron chi connectivity index (χ1n) is 20.5. The third-order valence-corrected chi connectivity index (χ3v) is 7.81. The highest BCUT2D eigenvalue weighted by Gasteiger charge is 2.30. The van der Waals surface area contributed by atoms with Crippen LogP contribution in [0.2, 0.25) is 0 Å². The summed E-state index contributed by atoms with van der Waals surface area (Å²) in [6, 6.07) is 11.1. The van der Waals surface area contributed by atoms with E-state index < -0.39 is 17.7 Å². The van der Waals surface area contributed by atoms with Crippen LogP contribution >= 0.6 is 0 Å². The molecule has 0 bridgehead atoms. The average Bonchev–Trinajstić information content (AvgIpc) is 3.24. The molecule has 0 fully saturated rings. The minimum atomic E-state index is -4.48. The molecule has 0 amide bonds. The lowest BCUT2D eigenvalue weighted by Crippen LogP contribution is -2.16. The van der Waals surface area contributed by atoms with Crippen LogP contribution in [0.4, 0.5) is 24.5 Å². The second kappa shape index (κ2) is 37.8. The first-order chi connectivity index (χ1) is 29.4. The number of alkyl halides is 3. The number of hydrogen-bond donors (Lipinski definition) is 1. The highest BCUT2D eigenvalue weighted by Crippen LogP contribution is 2.32. The number of benzene rings is 2. The summed E-state index contributed by atoms with van der Waals surface area (Å²) in [5.74, 6) is -0.630. The monoisotopic (exact) mass is 865 g/mol. The fourth-order valence-electron chi connectivity index (χ4n) is 4.74. The van der Waals surface area contributed by atoms with Gasteiger partial charge in [-0.2, -0.15) is 13.2 Å². The number of ether oxygens (including phenoxy) is 13. The van der Waals surface area contributed by atoms with Crippen molar-refractivity contribution in [3.8, 4) is 0 Å². The molecule has 0 heterocycles. The Balaban J connectivity index is 1.24. The number of anilines is 2. The van der Waals surface area contributed by atoms with Crippen LogP contribution in [0.5, 0.6) is 0 Å². The molecule has 1 N–H and O–H groups in total. The van der Waals surface area contributed by atoms with Crippen LogP contribution in [0.25, 0.3) is 0 Å². The summed E-state index contributed by atoms with van der Waals surface area (Å²) in [6.45, 7) is 13.4. The van der Waals surface area contributed by atoms with Crippen LogP contribution in [0.15, 0.2) is 48.5 Å². The van der Waals surface area contributed by atoms with Crippen molar-refractivity contribution in [2.75, 3.05) is 170 Å². The van der Waals surface area contributed by atoms with Gasteiger partial charge in [0.05, 0.1) is 169 Å². The molecule has 18 heteroatoms. The van der Waals surface area contributed by atoms with E-state index >= 15 is 0 Å². The van der Waals surface area contributed by atoms with Crippen molar-refractivity contribution in [1.29, 1.82) is 0 Å². The van der Waals surface area contributed by atoms with Crippen LogP contribution in [-0.2, 0) is 67.8 Å². The molecule has 0 spiro atoms. The van der Waals surface area contributed by atoms with Crippen molar-refractivity contribution >= 4 is 17.3 Å². The molecule has 0 aliphatic rings. The zero-order valence-corrected chi connectivity index (χ0v) is 35.1. The smallest absolute Gasteiger partial charge is 0.416 e. The van der Waals surface area contributed by atoms with E-state index in [2.05, 4.69) is 12.2 Å². The molecule has 0 aromatic heterocycles. The van der Waals surface area contributed by atoms with Crippen LogP contribution in [0.1, 0.15) is 35.7 Å². The quantitative estimate of drug-likeness (QED) is 0.0651. The van der Waals surface area contributed by atoms with Gasteiger partial charge in [-0.25, -0.2) is 4.79 Å². The van der Waals surface area contributed by atoms with Crippen LogP contribution in [0, 0.1) is 0 Å². The first kappa shape index (κ1) is 53.2. The summed E-state index contributed by atoms with van der Waals surface area (Å²) in [4.78, 5) is 12.6. The number of hydrogen-bond acceptors (Lipinski definition) is 15. The summed E-state index contributed by atoms with van der Waals surface area (Å²) in [6.07, 6.45) is -2.27. The van der Waals surface area contributed by atoms with Gasteiger partial charge in [-0.15, -0.1) is 0 Å². The minimum Gasteiger partial charge on any atom is -0.460 e. The summed E-state index contributed by atoms with van der Waals surface area (Å²) in [5.41, 5.74) is -0.0957. The average molecular weight is 866 g/mol. The third-order valence-electron chi connectivity index (χ3n) is 7.81. The van der Waals surface area contributed by atoms with Crippen molar-refractivity contribution in [3.05, 3.63) is 59.7 Å². The predicted molar refractivity (Wildman–Crippen MR) is 216 cm³/mol. The topological polar surface area (TPSA) is 149 Å². The second-order valence-corrected chi connectivity index (χ2v) is 12.6. The standard InChI is InChI=1S/C42H66F3NO14/c1-2-3-11-48-12-13-49-14-15-50-16-17-51-18-19-52-20-21-53-22-23-54-24-25-55-26-27-56-28-29-57-30-31-58-32-33-59-34-35-60-41(47)39-9-4-5-10-40(39)46-38-8-6-7-37(36-38)42(43,44)45/h4-10,36,46H,2-3,11-35H2,1H3. The molecule has 0 saturated carbocycles. The second-order valence-electron chi connectivity index (χ2n) is 12.6. The molecule has 0 aliphatic carbocycles. The van der Waals surface area contributed by atoms with Gasteiger partial charge in [0.15, 0.2) is 0 Å². The number of carbonyl (C=O) groups excluding carboxylic acids is 1. The van der Waals surface area contributed by atoms with Gasteiger partial charge in [-0.3, -0.25) is 0 Å². The Morgan fingerprint density at radius 2 is 0.817 bits per heavy atom. The molecular formula is C42H66F3NO14. The highest BCUT2D eigenvalue weighted by molar-refractivity contribution is 5.96. The molecule has 60 heavy (non-hydrogen) atoms. The molecule has 2 aromatic carbocycles. The number of unbranched alkanes of at least 4 members (excludes halogenated alkanes) is 1. The Labute approximate surface area is 352 Å². The van der Waals surface area contributed by atoms with Gasteiger partial charge in [-0.05, 0) is 36.8 Å². The summed E-state index contributed by atoms with van der Waals surface area (Å²) in [7, 11) is 0. The summed E-state index contributed by atoms with van der Waals surface area (Å²) in [5, 5.41) is 2.86. The van der Waals surface area contributed by atoms with E-state index in [1.807, 2.05) is 0 Å². The number of esters is 1. The molecule has 0 unspecified atom stereocenters. The number of para-hydroxylation sites is 1. The van der Waals surface area contributed by atoms with Crippen LogP contribution in [0.3, 0.4) is 0 Å². The molecule has 15 nitrogen and oxygen atoms in total. The summed E-state index contributed by atoms with van der Waals surface area (Å²) >= 11 is 0. The number of rotatable bonds is 42. The Kier molecular flexibility index (Phi) is 33.4. The van der Waals surface area contributed by atoms with Gasteiger partial charge in [0.2, 0.25) is 0 Å². The Bertz CT molecular complexity index is 1300. The maximum atomic E-state index is 13.1. The number of nitrogens with one attached hydrogen (secondary N) is 1. The molecule has 0 radical (unpaired) electrons. The highest BCUT2D eigenvalue weighted by atomic mass is 19.4. The van der Waals surface area contributed by atoms with Crippen molar-refractivity contribution in [2.24, 2.45) is 0 Å². The van der Waals surface area contributed by atoms with E-state index in [4.69, 9.17) is 61.6 Å². The lowest BCUT2D eigenvalue weighted by Gasteiger charge is -2.13. The Morgan fingerprint density at radius 3 is 1.18 bits per heavy atom. The van der Waals surface area contributed by atoms with Gasteiger partial charge >= 0.3 is 12.1 Å². The molecule has 0 atom stereocenters. The van der Waals surface area contributed by atoms with Crippen molar-refractivity contribution in [2.45, 2.75) is 25.9 Å². The lowest BCUT2D eigenvalue weighted by atomic mass is 10.1. The molecule has 0 saturated heterocycles. The Morgan fingerprint density at radius 1 is 0.467 bits per heavy atom. The molecule has 2 rings (SSSR count). The fourth-order valence-corrected chi connectivity index (χ4v) is 4.74. The maximum Gasteiger partial charge on any atom is 0.416 e. The fraction of sp³-hybridized carbons (Fsp3) is 0.690. The third kappa shape index (κ3) is 30.1. The molecule has 0 aliphatic heterocycles. The van der Waals surface area contributed by atoms with E-state index in [1.54, 1.807) is 18.2 Å². The van der Waals surface area contributed by atoms with Gasteiger partial charge in [0.1, 0.15) is 6.61 Å². The zero-order chi connectivity index (χ0) is 43.0. The van der Waals surface area contributed by atoms with Crippen molar-refractivity contribution < 1.29 is 79.5 Å². The van der Waals surface area contributed by atoms with Crippen LogP contribution in [-0.4, -0.2) is 171 Å². The van der Waals surface area contributed by atoms with Crippen LogP contribution < -0.4 is 5.32 Å². The number of carbonyl (C=O) groups is 1.